The third kappa shape index (κ3) is 9.73. The molecule has 36 heavy (non-hydrogen) atoms. The molecule has 0 aliphatic carbocycles. The highest BCUT2D eigenvalue weighted by atomic mass is 19.1. The Morgan fingerprint density at radius 3 is 2.14 bits per heavy atom. The second-order valence-electron chi connectivity index (χ2n) is 9.57. The van der Waals surface area contributed by atoms with E-state index in [4.69, 9.17) is 14.5 Å². The van der Waals surface area contributed by atoms with Gasteiger partial charge in [0.15, 0.2) is 0 Å². The van der Waals surface area contributed by atoms with Gasteiger partial charge in [-0.3, -0.25) is 4.98 Å². The summed E-state index contributed by atoms with van der Waals surface area (Å²) in [6.45, 7) is 3.09. The molecule has 0 spiro atoms. The van der Waals surface area contributed by atoms with E-state index in [1.54, 1.807) is 7.11 Å². The fourth-order valence-corrected chi connectivity index (χ4v) is 4.31. The summed E-state index contributed by atoms with van der Waals surface area (Å²) < 4.78 is 24.7. The number of hydrogen-bond acceptors (Lipinski definition) is 3. The lowest BCUT2D eigenvalue weighted by molar-refractivity contribution is 0.175. The molecule has 1 aromatic heterocycles. The SMILES string of the molecule is CCCCCCCc1ccc(-c2ccc(-c3ccc(OCC(F)CCCCCOC)cc3)cn2)cc1. The number of unbranched alkanes of at least 4 members (excludes halogenated alkanes) is 6. The Bertz CT molecular complexity index is 971. The van der Waals surface area contributed by atoms with Gasteiger partial charge in [0.25, 0.3) is 0 Å². The number of hydrogen-bond donors (Lipinski definition) is 0. The van der Waals surface area contributed by atoms with Crippen molar-refractivity contribution in [3.05, 3.63) is 72.4 Å². The highest BCUT2D eigenvalue weighted by Crippen LogP contribution is 2.25. The molecule has 0 radical (unpaired) electrons. The summed E-state index contributed by atoms with van der Waals surface area (Å²) in [6.07, 6.45) is 12.0. The maximum Gasteiger partial charge on any atom is 0.134 e. The maximum absolute atomic E-state index is 14.1. The van der Waals surface area contributed by atoms with E-state index in [-0.39, 0.29) is 6.61 Å². The Labute approximate surface area is 217 Å². The van der Waals surface area contributed by atoms with E-state index in [0.717, 1.165) is 54.7 Å². The molecule has 3 rings (SSSR count). The lowest BCUT2D eigenvalue weighted by Crippen LogP contribution is -2.12. The van der Waals surface area contributed by atoms with Gasteiger partial charge in [-0.15, -0.1) is 0 Å². The molecular weight excluding hydrogens is 449 g/mol. The summed E-state index contributed by atoms with van der Waals surface area (Å²) >= 11 is 0. The van der Waals surface area contributed by atoms with Crippen LogP contribution in [0.15, 0.2) is 66.9 Å². The van der Waals surface area contributed by atoms with E-state index in [9.17, 15) is 4.39 Å². The largest absolute Gasteiger partial charge is 0.491 e. The summed E-state index contributed by atoms with van der Waals surface area (Å²) in [5.74, 6) is 0.691. The standard InChI is InChI=1S/C32H42FNO2/c1-3-4-5-6-8-11-26-13-15-28(16-14-26)32-22-19-29(24-34-32)27-17-20-31(21-18-27)36-25-30(33)12-9-7-10-23-35-2/h13-22,24,30H,3-12,23,25H2,1-2H3. The van der Waals surface area contributed by atoms with Crippen molar-refractivity contribution in [1.29, 1.82) is 0 Å². The van der Waals surface area contributed by atoms with Crippen molar-refractivity contribution >= 4 is 0 Å². The first-order valence-corrected chi connectivity index (χ1v) is 13.6. The molecule has 2 aromatic carbocycles. The second-order valence-corrected chi connectivity index (χ2v) is 9.57. The molecule has 0 fully saturated rings. The van der Waals surface area contributed by atoms with Crippen LogP contribution in [-0.4, -0.2) is 31.5 Å². The van der Waals surface area contributed by atoms with E-state index in [0.29, 0.717) is 12.2 Å². The Morgan fingerprint density at radius 2 is 1.44 bits per heavy atom. The first-order valence-electron chi connectivity index (χ1n) is 13.6. The van der Waals surface area contributed by atoms with Gasteiger partial charge in [-0.25, -0.2) is 4.39 Å². The number of ether oxygens (including phenoxy) is 2. The van der Waals surface area contributed by atoms with Crippen LogP contribution in [0.4, 0.5) is 4.39 Å². The lowest BCUT2D eigenvalue weighted by atomic mass is 10.0. The van der Waals surface area contributed by atoms with Crippen molar-refractivity contribution in [3.63, 3.8) is 0 Å². The van der Waals surface area contributed by atoms with E-state index in [2.05, 4.69) is 43.3 Å². The topological polar surface area (TPSA) is 31.4 Å². The van der Waals surface area contributed by atoms with Crippen molar-refractivity contribution in [2.24, 2.45) is 0 Å². The number of benzene rings is 2. The van der Waals surface area contributed by atoms with Gasteiger partial charge in [0.2, 0.25) is 0 Å². The zero-order valence-corrected chi connectivity index (χ0v) is 22.1. The van der Waals surface area contributed by atoms with Crippen LogP contribution in [0.2, 0.25) is 0 Å². The van der Waals surface area contributed by atoms with E-state index >= 15 is 0 Å². The highest BCUT2D eigenvalue weighted by molar-refractivity contribution is 5.67. The van der Waals surface area contributed by atoms with Crippen LogP contribution in [0, 0.1) is 0 Å². The summed E-state index contributed by atoms with van der Waals surface area (Å²) in [6, 6.07) is 20.8. The normalized spacial score (nSPS) is 12.0. The average molecular weight is 492 g/mol. The van der Waals surface area contributed by atoms with Gasteiger partial charge in [-0.05, 0) is 55.0 Å². The van der Waals surface area contributed by atoms with E-state index in [1.165, 1.54) is 37.7 Å². The predicted octanol–water partition coefficient (Wildman–Crippen LogP) is 8.85. The number of nitrogens with zero attached hydrogens (tertiary/aromatic N) is 1. The fraction of sp³-hybridized carbons (Fsp3) is 0.469. The van der Waals surface area contributed by atoms with Gasteiger partial charge >= 0.3 is 0 Å². The van der Waals surface area contributed by atoms with Crippen LogP contribution in [0.1, 0.15) is 70.3 Å². The van der Waals surface area contributed by atoms with Crippen molar-refractivity contribution in [1.82, 2.24) is 4.98 Å². The van der Waals surface area contributed by atoms with Crippen LogP contribution < -0.4 is 4.74 Å². The minimum absolute atomic E-state index is 0.0948. The minimum Gasteiger partial charge on any atom is -0.491 e. The molecule has 0 aliphatic heterocycles. The molecule has 0 saturated carbocycles. The number of aromatic nitrogens is 1. The van der Waals surface area contributed by atoms with Gasteiger partial charge < -0.3 is 9.47 Å². The van der Waals surface area contributed by atoms with Crippen molar-refractivity contribution < 1.29 is 13.9 Å². The van der Waals surface area contributed by atoms with Crippen LogP contribution in [0.5, 0.6) is 5.75 Å². The molecule has 1 unspecified atom stereocenters. The number of pyridine rings is 1. The minimum atomic E-state index is -0.941. The molecule has 4 heteroatoms. The van der Waals surface area contributed by atoms with Gasteiger partial charge in [0, 0.05) is 31.0 Å². The first-order chi connectivity index (χ1) is 17.7. The number of alkyl halides is 1. The monoisotopic (exact) mass is 491 g/mol. The van der Waals surface area contributed by atoms with Gasteiger partial charge in [-0.2, -0.15) is 0 Å². The average Bonchev–Trinajstić information content (AvgIpc) is 2.92. The molecule has 0 amide bonds. The number of rotatable bonds is 17. The fourth-order valence-electron chi connectivity index (χ4n) is 4.31. The molecule has 0 bridgehead atoms. The Hall–Kier alpha value is -2.72. The van der Waals surface area contributed by atoms with Gasteiger partial charge in [0.05, 0.1) is 5.69 Å². The number of methoxy groups -OCH3 is 1. The molecule has 3 aromatic rings. The van der Waals surface area contributed by atoms with Gasteiger partial charge in [-0.1, -0.05) is 87.9 Å². The molecule has 0 aliphatic rings. The highest BCUT2D eigenvalue weighted by Gasteiger charge is 2.08. The second kappa shape index (κ2) is 16.1. The van der Waals surface area contributed by atoms with Crippen LogP contribution in [0.3, 0.4) is 0 Å². The van der Waals surface area contributed by atoms with E-state index < -0.39 is 6.17 Å². The third-order valence-corrected chi connectivity index (χ3v) is 6.57. The summed E-state index contributed by atoms with van der Waals surface area (Å²) in [7, 11) is 1.69. The third-order valence-electron chi connectivity index (χ3n) is 6.57. The van der Waals surface area contributed by atoms with Crippen molar-refractivity contribution in [2.45, 2.75) is 77.3 Å². The zero-order chi connectivity index (χ0) is 25.4. The van der Waals surface area contributed by atoms with Crippen LogP contribution in [-0.2, 0) is 11.2 Å². The first kappa shape index (κ1) is 27.9. The van der Waals surface area contributed by atoms with Crippen molar-refractivity contribution in [2.75, 3.05) is 20.3 Å². The number of aryl methyl sites for hydroxylation is 1. The Kier molecular flexibility index (Phi) is 12.5. The quantitative estimate of drug-likeness (QED) is 0.177. The van der Waals surface area contributed by atoms with Crippen LogP contribution in [0.25, 0.3) is 22.4 Å². The predicted molar refractivity (Wildman–Crippen MR) is 148 cm³/mol. The smallest absolute Gasteiger partial charge is 0.134 e. The van der Waals surface area contributed by atoms with Gasteiger partial charge in [0.1, 0.15) is 18.5 Å². The molecule has 0 N–H and O–H groups in total. The summed E-state index contributed by atoms with van der Waals surface area (Å²) in [5.41, 5.74) is 5.63. The van der Waals surface area contributed by atoms with Crippen LogP contribution >= 0.6 is 0 Å². The lowest BCUT2D eigenvalue weighted by Gasteiger charge is -2.11. The maximum atomic E-state index is 14.1. The van der Waals surface area contributed by atoms with E-state index in [1.807, 2.05) is 30.5 Å². The molecule has 1 heterocycles. The molecular formula is C32H42FNO2. The Balaban J connectivity index is 1.45. The summed E-state index contributed by atoms with van der Waals surface area (Å²) in [4.78, 5) is 4.69. The molecule has 194 valence electrons. The molecule has 1 atom stereocenters. The molecule has 0 saturated heterocycles. The van der Waals surface area contributed by atoms with Crippen molar-refractivity contribution in [3.8, 4) is 28.1 Å². The number of halogens is 1. The molecule has 3 nitrogen and oxygen atoms in total. The zero-order valence-electron chi connectivity index (χ0n) is 22.1. The summed E-state index contributed by atoms with van der Waals surface area (Å²) in [5, 5.41) is 0. The Morgan fingerprint density at radius 1 is 0.750 bits per heavy atom.